The number of nitrogens with one attached hydrogen (secondary N) is 1. The van der Waals surface area contributed by atoms with Crippen molar-refractivity contribution in [3.63, 3.8) is 0 Å². The molecule has 8 N–H and O–H groups in total. The smallest absolute Gasteiger partial charge is 0.249 e. The second-order valence-electron chi connectivity index (χ2n) is 19.3. The molecule has 0 aromatic heterocycles. The van der Waals surface area contributed by atoms with Gasteiger partial charge in [0.2, 0.25) is 5.91 Å². The van der Waals surface area contributed by atoms with E-state index in [0.29, 0.717) is 12.8 Å². The van der Waals surface area contributed by atoms with Crippen molar-refractivity contribution in [2.45, 2.75) is 306 Å². The van der Waals surface area contributed by atoms with E-state index in [-0.39, 0.29) is 12.8 Å². The van der Waals surface area contributed by atoms with Gasteiger partial charge in [0.25, 0.3) is 0 Å². The van der Waals surface area contributed by atoms with Crippen LogP contribution in [0.5, 0.6) is 0 Å². The highest BCUT2D eigenvalue weighted by Crippen LogP contribution is 2.23. The molecule has 9 atom stereocenters. The zero-order chi connectivity index (χ0) is 46.9. The van der Waals surface area contributed by atoms with E-state index in [4.69, 9.17) is 9.47 Å². The molecule has 0 aromatic carbocycles. The van der Waals surface area contributed by atoms with E-state index in [2.05, 4.69) is 31.3 Å². The van der Waals surface area contributed by atoms with Gasteiger partial charge in [-0.05, 0) is 38.5 Å². The summed E-state index contributed by atoms with van der Waals surface area (Å²) in [5.74, 6) is -0.703. The summed E-state index contributed by atoms with van der Waals surface area (Å²) in [5, 5.41) is 75.7. The second-order valence-corrected chi connectivity index (χ2v) is 19.3. The average Bonchev–Trinajstić information content (AvgIpc) is 3.29. The molecule has 0 aliphatic carbocycles. The molecule has 1 heterocycles. The molecule has 0 aromatic rings. The van der Waals surface area contributed by atoms with Crippen molar-refractivity contribution in [2.75, 3.05) is 13.2 Å². The van der Waals surface area contributed by atoms with Crippen molar-refractivity contribution in [3.8, 4) is 0 Å². The van der Waals surface area contributed by atoms with E-state index in [1.54, 1.807) is 0 Å². The number of hydrogen-bond acceptors (Lipinski definition) is 10. The lowest BCUT2D eigenvalue weighted by Gasteiger charge is -2.40. The van der Waals surface area contributed by atoms with Gasteiger partial charge in [0.05, 0.1) is 25.4 Å². The van der Waals surface area contributed by atoms with Crippen LogP contribution in [0.1, 0.15) is 251 Å². The average molecular weight is 914 g/mol. The quantitative estimate of drug-likeness (QED) is 0.0216. The summed E-state index contributed by atoms with van der Waals surface area (Å²) >= 11 is 0. The molecule has 1 aliphatic rings. The molecule has 380 valence electrons. The number of carbonyl (C=O) groups is 1. The maximum atomic E-state index is 13.1. The fourth-order valence-corrected chi connectivity index (χ4v) is 8.85. The maximum absolute atomic E-state index is 13.1. The molecule has 1 saturated heterocycles. The van der Waals surface area contributed by atoms with E-state index >= 15 is 0 Å². The van der Waals surface area contributed by atoms with Gasteiger partial charge in [-0.15, -0.1) is 0 Å². The lowest BCUT2D eigenvalue weighted by Crippen LogP contribution is -2.60. The minimum absolute atomic E-state index is 0.259. The molecule has 1 amide bonds. The number of hydrogen-bond donors (Lipinski definition) is 8. The molecule has 11 nitrogen and oxygen atoms in total. The van der Waals surface area contributed by atoms with Gasteiger partial charge in [0.15, 0.2) is 6.29 Å². The van der Waals surface area contributed by atoms with Gasteiger partial charge in [-0.3, -0.25) is 4.79 Å². The SMILES string of the molecule is CCCCCCCC/C=C/CCCC(O)C(O)C(COC1OC(CO)C(O)C(O)C1O)NC(=O)C(O)CCCCCCCCCCCCCCCCCCCCCCCCCCCC. The van der Waals surface area contributed by atoms with E-state index in [1.165, 1.54) is 173 Å². The molecule has 0 spiro atoms. The topological polar surface area (TPSA) is 189 Å². The van der Waals surface area contributed by atoms with Crippen molar-refractivity contribution in [2.24, 2.45) is 0 Å². The number of ether oxygens (including phenoxy) is 2. The first kappa shape index (κ1) is 60.9. The van der Waals surface area contributed by atoms with Crippen molar-refractivity contribution in [1.29, 1.82) is 0 Å². The number of allylic oxidation sites excluding steroid dienone is 2. The summed E-state index contributed by atoms with van der Waals surface area (Å²) in [5.41, 5.74) is 0. The molecule has 0 saturated carbocycles. The zero-order valence-electron chi connectivity index (χ0n) is 41.3. The standard InChI is InChI=1S/C53H103NO10/c1-3-5-7-9-11-13-15-16-17-18-19-20-21-22-23-24-25-26-27-28-29-31-33-35-37-39-41-46(57)52(62)54-44(43-63-53-51(61)50(60)49(59)47(42-55)64-53)48(58)45(56)40-38-36-34-32-30-14-12-10-8-6-4-2/h32,34,44-51,53,55-61H,3-31,33,35-43H2,1-2H3,(H,54,62)/b34-32+. The van der Waals surface area contributed by atoms with Crippen LogP contribution in [0.3, 0.4) is 0 Å². The number of aliphatic hydroxyl groups is 7. The predicted molar refractivity (Wildman–Crippen MR) is 261 cm³/mol. The number of carbonyl (C=O) groups excluding carboxylic acids is 1. The molecule has 0 bridgehead atoms. The van der Waals surface area contributed by atoms with Crippen LogP contribution in [0.4, 0.5) is 0 Å². The number of aliphatic hydroxyl groups excluding tert-OH is 7. The molecule has 1 aliphatic heterocycles. The number of unbranched alkanes of at least 4 members (excludes halogenated alkanes) is 32. The van der Waals surface area contributed by atoms with E-state index < -0.39 is 74.2 Å². The van der Waals surface area contributed by atoms with Crippen LogP contribution in [0.2, 0.25) is 0 Å². The first-order chi connectivity index (χ1) is 31.2. The number of rotatable bonds is 46. The Hall–Kier alpha value is -1.15. The van der Waals surface area contributed by atoms with Gasteiger partial charge in [-0.1, -0.05) is 225 Å². The monoisotopic (exact) mass is 914 g/mol. The first-order valence-corrected chi connectivity index (χ1v) is 27.1. The summed E-state index contributed by atoms with van der Waals surface area (Å²) in [7, 11) is 0. The Bertz CT molecular complexity index is 1050. The lowest BCUT2D eigenvalue weighted by atomic mass is 9.98. The van der Waals surface area contributed by atoms with Gasteiger partial charge in [-0.2, -0.15) is 0 Å². The molecular formula is C53H103NO10. The Balaban J connectivity index is 2.26. The van der Waals surface area contributed by atoms with Crippen LogP contribution in [0, 0.1) is 0 Å². The first-order valence-electron chi connectivity index (χ1n) is 27.1. The van der Waals surface area contributed by atoms with Crippen LogP contribution in [0.15, 0.2) is 12.2 Å². The van der Waals surface area contributed by atoms with E-state index in [1.807, 2.05) is 0 Å². The summed E-state index contributed by atoms with van der Waals surface area (Å²) in [6.45, 7) is 3.43. The third-order valence-corrected chi connectivity index (χ3v) is 13.3. The summed E-state index contributed by atoms with van der Waals surface area (Å²) in [4.78, 5) is 13.1. The fraction of sp³-hybridized carbons (Fsp3) is 0.943. The molecule has 64 heavy (non-hydrogen) atoms. The van der Waals surface area contributed by atoms with Crippen LogP contribution in [-0.4, -0.2) is 110 Å². The predicted octanol–water partition coefficient (Wildman–Crippen LogP) is 10.4. The van der Waals surface area contributed by atoms with Crippen molar-refractivity contribution in [3.05, 3.63) is 12.2 Å². The summed E-state index contributed by atoms with van der Waals surface area (Å²) in [6.07, 6.45) is 37.2. The van der Waals surface area contributed by atoms with Crippen LogP contribution in [-0.2, 0) is 14.3 Å². The molecule has 9 unspecified atom stereocenters. The Kier molecular flexibility index (Phi) is 41.0. The van der Waals surface area contributed by atoms with E-state index in [0.717, 1.165) is 38.5 Å². The second kappa shape index (κ2) is 43.2. The van der Waals surface area contributed by atoms with Gasteiger partial charge in [0.1, 0.15) is 36.6 Å². The highest BCUT2D eigenvalue weighted by atomic mass is 16.7. The molecule has 1 rings (SSSR count). The highest BCUT2D eigenvalue weighted by Gasteiger charge is 2.44. The van der Waals surface area contributed by atoms with E-state index in [9.17, 15) is 40.5 Å². The van der Waals surface area contributed by atoms with Crippen LogP contribution in [0.25, 0.3) is 0 Å². The third kappa shape index (κ3) is 31.8. The van der Waals surface area contributed by atoms with Gasteiger partial charge in [0, 0.05) is 0 Å². The summed E-state index contributed by atoms with van der Waals surface area (Å²) in [6, 6.07) is -1.18. The summed E-state index contributed by atoms with van der Waals surface area (Å²) < 4.78 is 11.1. The maximum Gasteiger partial charge on any atom is 0.249 e. The Labute approximate surface area is 392 Å². The van der Waals surface area contributed by atoms with Crippen molar-refractivity contribution in [1.82, 2.24) is 5.32 Å². The molecule has 1 fully saturated rings. The van der Waals surface area contributed by atoms with Crippen molar-refractivity contribution >= 4 is 5.91 Å². The minimum Gasteiger partial charge on any atom is -0.394 e. The lowest BCUT2D eigenvalue weighted by molar-refractivity contribution is -0.303. The molecular weight excluding hydrogens is 811 g/mol. The fourth-order valence-electron chi connectivity index (χ4n) is 8.85. The molecule has 11 heteroatoms. The van der Waals surface area contributed by atoms with Gasteiger partial charge in [-0.25, -0.2) is 0 Å². The van der Waals surface area contributed by atoms with Gasteiger partial charge >= 0.3 is 0 Å². The Morgan fingerprint density at radius 2 is 0.922 bits per heavy atom. The zero-order valence-corrected chi connectivity index (χ0v) is 41.3. The molecule has 0 radical (unpaired) electrons. The minimum atomic E-state index is -1.66. The van der Waals surface area contributed by atoms with Crippen molar-refractivity contribution < 1.29 is 50.0 Å². The Morgan fingerprint density at radius 3 is 1.34 bits per heavy atom. The largest absolute Gasteiger partial charge is 0.394 e. The highest BCUT2D eigenvalue weighted by molar-refractivity contribution is 5.80. The Morgan fingerprint density at radius 1 is 0.531 bits per heavy atom. The third-order valence-electron chi connectivity index (χ3n) is 13.3. The van der Waals surface area contributed by atoms with Crippen LogP contribution >= 0.6 is 0 Å². The normalized spacial score (nSPS) is 21.0. The number of amides is 1. The van der Waals surface area contributed by atoms with Crippen LogP contribution < -0.4 is 5.32 Å². The van der Waals surface area contributed by atoms with Gasteiger partial charge < -0.3 is 50.5 Å².